The van der Waals surface area contributed by atoms with E-state index in [1.54, 1.807) is 0 Å². The maximum absolute atomic E-state index is 11.5. The Kier molecular flexibility index (Phi) is 7.94. The molecule has 1 atom stereocenters. The molecule has 0 saturated carbocycles. The van der Waals surface area contributed by atoms with Gasteiger partial charge in [0.25, 0.3) is 0 Å². The number of ether oxygens (including phenoxy) is 1. The minimum atomic E-state index is -0.419. The van der Waals surface area contributed by atoms with Gasteiger partial charge < -0.3 is 10.1 Å². The zero-order valence-electron chi connectivity index (χ0n) is 11.8. The first-order chi connectivity index (χ1) is 9.24. The number of esters is 1. The third kappa shape index (κ3) is 6.99. The summed E-state index contributed by atoms with van der Waals surface area (Å²) in [4.78, 5) is 22.5. The van der Waals surface area contributed by atoms with Gasteiger partial charge in [-0.25, -0.2) is 4.79 Å². The summed E-state index contributed by atoms with van der Waals surface area (Å²) < 4.78 is 5.13. The molecule has 0 aromatic rings. The summed E-state index contributed by atoms with van der Waals surface area (Å²) in [7, 11) is 0. The maximum atomic E-state index is 11.5. The molecule has 1 unspecified atom stereocenters. The molecule has 1 aliphatic rings. The van der Waals surface area contributed by atoms with Crippen LogP contribution in [0.2, 0.25) is 0 Å². The van der Waals surface area contributed by atoms with Crippen LogP contribution in [0.25, 0.3) is 0 Å². The van der Waals surface area contributed by atoms with Crippen molar-refractivity contribution in [2.24, 2.45) is 0 Å². The fraction of sp³-hybridized carbons (Fsp3) is 0.733. The predicted molar refractivity (Wildman–Crippen MR) is 74.6 cm³/mol. The molecule has 0 aromatic heterocycles. The molecule has 4 heteroatoms. The molecule has 1 N–H and O–H groups in total. The number of unbranched alkanes of at least 4 members (excludes halogenated alkanes) is 4. The van der Waals surface area contributed by atoms with Crippen LogP contribution >= 0.6 is 0 Å². The van der Waals surface area contributed by atoms with Crippen LogP contribution in [0.4, 0.5) is 0 Å². The van der Waals surface area contributed by atoms with E-state index in [0.717, 1.165) is 19.3 Å². The van der Waals surface area contributed by atoms with Gasteiger partial charge in [-0.2, -0.15) is 0 Å². The van der Waals surface area contributed by atoms with Gasteiger partial charge in [0.05, 0.1) is 6.61 Å². The van der Waals surface area contributed by atoms with Gasteiger partial charge in [0.1, 0.15) is 6.04 Å². The smallest absolute Gasteiger partial charge is 0.328 e. The largest absolute Gasteiger partial charge is 0.464 e. The molecule has 1 saturated heterocycles. The van der Waals surface area contributed by atoms with Crippen LogP contribution in [0.3, 0.4) is 0 Å². The van der Waals surface area contributed by atoms with Crippen molar-refractivity contribution in [1.29, 1.82) is 0 Å². The minimum Gasteiger partial charge on any atom is -0.464 e. The first kappa shape index (κ1) is 15.7. The summed E-state index contributed by atoms with van der Waals surface area (Å²) in [5.41, 5.74) is 0. The Morgan fingerprint density at radius 2 is 2.05 bits per heavy atom. The molecule has 108 valence electrons. The summed E-state index contributed by atoms with van der Waals surface area (Å²) in [5.74, 6) is -0.352. The van der Waals surface area contributed by atoms with Crippen molar-refractivity contribution in [2.45, 2.75) is 64.3 Å². The van der Waals surface area contributed by atoms with Crippen LogP contribution in [0.15, 0.2) is 12.2 Å². The molecule has 19 heavy (non-hydrogen) atoms. The van der Waals surface area contributed by atoms with E-state index in [1.165, 1.54) is 19.3 Å². The van der Waals surface area contributed by atoms with Crippen molar-refractivity contribution in [2.75, 3.05) is 6.61 Å². The SMILES string of the molecule is CCCCCC=CCCCOC(=O)C1CCC(=O)N1. The third-order valence-corrected chi connectivity index (χ3v) is 3.18. The number of hydrogen-bond acceptors (Lipinski definition) is 3. The van der Waals surface area contributed by atoms with Crippen molar-refractivity contribution in [3.63, 3.8) is 0 Å². The molecule has 0 aliphatic carbocycles. The number of amides is 1. The Morgan fingerprint density at radius 3 is 2.68 bits per heavy atom. The number of rotatable bonds is 9. The van der Waals surface area contributed by atoms with Gasteiger partial charge >= 0.3 is 5.97 Å². The monoisotopic (exact) mass is 267 g/mol. The lowest BCUT2D eigenvalue weighted by Gasteiger charge is -2.09. The van der Waals surface area contributed by atoms with Crippen molar-refractivity contribution in [1.82, 2.24) is 5.32 Å². The second-order valence-electron chi connectivity index (χ2n) is 4.94. The zero-order chi connectivity index (χ0) is 13.9. The van der Waals surface area contributed by atoms with E-state index in [4.69, 9.17) is 4.74 Å². The number of hydrogen-bond donors (Lipinski definition) is 1. The highest BCUT2D eigenvalue weighted by Crippen LogP contribution is 2.08. The van der Waals surface area contributed by atoms with Gasteiger partial charge in [-0.15, -0.1) is 0 Å². The molecule has 1 fully saturated rings. The minimum absolute atomic E-state index is 0.0584. The van der Waals surface area contributed by atoms with Gasteiger partial charge in [-0.05, 0) is 32.1 Å². The fourth-order valence-electron chi connectivity index (χ4n) is 2.01. The lowest BCUT2D eigenvalue weighted by molar-refractivity contribution is -0.146. The molecule has 4 nitrogen and oxygen atoms in total. The Balaban J connectivity index is 1.95. The lowest BCUT2D eigenvalue weighted by Crippen LogP contribution is -2.34. The summed E-state index contributed by atoms with van der Waals surface area (Å²) in [6.45, 7) is 2.63. The Labute approximate surface area is 115 Å². The molecule has 0 radical (unpaired) electrons. The first-order valence-corrected chi connectivity index (χ1v) is 7.35. The van der Waals surface area contributed by atoms with Crippen molar-refractivity contribution in [3.05, 3.63) is 12.2 Å². The van der Waals surface area contributed by atoms with Crippen LogP contribution in [0.1, 0.15) is 58.3 Å². The van der Waals surface area contributed by atoms with Gasteiger partial charge in [0.2, 0.25) is 5.91 Å². The second-order valence-corrected chi connectivity index (χ2v) is 4.94. The van der Waals surface area contributed by atoms with Gasteiger partial charge in [-0.3, -0.25) is 4.79 Å². The van der Waals surface area contributed by atoms with Crippen molar-refractivity contribution in [3.8, 4) is 0 Å². The van der Waals surface area contributed by atoms with E-state index in [2.05, 4.69) is 24.4 Å². The summed E-state index contributed by atoms with van der Waals surface area (Å²) in [5, 5.41) is 2.61. The van der Waals surface area contributed by atoms with Crippen LogP contribution in [0.5, 0.6) is 0 Å². The number of carbonyl (C=O) groups excluding carboxylic acids is 2. The van der Waals surface area contributed by atoms with Gasteiger partial charge in [0, 0.05) is 6.42 Å². The molecular weight excluding hydrogens is 242 g/mol. The quantitative estimate of drug-likeness (QED) is 0.397. The number of carbonyl (C=O) groups is 2. The van der Waals surface area contributed by atoms with E-state index < -0.39 is 6.04 Å². The molecule has 0 spiro atoms. The summed E-state index contributed by atoms with van der Waals surface area (Å²) in [6, 6.07) is -0.419. The van der Waals surface area contributed by atoms with E-state index >= 15 is 0 Å². The lowest BCUT2D eigenvalue weighted by atomic mass is 10.2. The van der Waals surface area contributed by atoms with Crippen LogP contribution in [0, 0.1) is 0 Å². The highest BCUT2D eigenvalue weighted by Gasteiger charge is 2.28. The number of nitrogens with one attached hydrogen (secondary N) is 1. The summed E-state index contributed by atoms with van der Waals surface area (Å²) >= 11 is 0. The van der Waals surface area contributed by atoms with Crippen molar-refractivity contribution >= 4 is 11.9 Å². The van der Waals surface area contributed by atoms with E-state index in [0.29, 0.717) is 19.4 Å². The van der Waals surface area contributed by atoms with E-state index in [-0.39, 0.29) is 11.9 Å². The molecule has 1 rings (SSSR count). The Hall–Kier alpha value is -1.32. The van der Waals surface area contributed by atoms with Crippen LogP contribution in [-0.2, 0) is 14.3 Å². The van der Waals surface area contributed by atoms with Gasteiger partial charge in [0.15, 0.2) is 0 Å². The average Bonchev–Trinajstić information content (AvgIpc) is 2.83. The highest BCUT2D eigenvalue weighted by molar-refractivity contribution is 5.87. The standard InChI is InChI=1S/C15H25NO3/c1-2-3-4-5-6-7-8-9-12-19-15(18)13-10-11-14(17)16-13/h6-7,13H,2-5,8-12H2,1H3,(H,16,17). The Bertz CT molecular complexity index is 313. The predicted octanol–water partition coefficient (Wildman–Crippen LogP) is 2.72. The molecule has 1 aliphatic heterocycles. The third-order valence-electron chi connectivity index (χ3n) is 3.18. The topological polar surface area (TPSA) is 55.4 Å². The average molecular weight is 267 g/mol. The summed E-state index contributed by atoms with van der Waals surface area (Å²) in [6.07, 6.45) is 12.1. The van der Waals surface area contributed by atoms with E-state index in [9.17, 15) is 9.59 Å². The number of allylic oxidation sites excluding steroid dienone is 2. The molecule has 0 aromatic carbocycles. The van der Waals surface area contributed by atoms with Gasteiger partial charge in [-0.1, -0.05) is 31.9 Å². The molecular formula is C15H25NO3. The zero-order valence-corrected chi connectivity index (χ0v) is 11.8. The normalized spacial score (nSPS) is 18.8. The van der Waals surface area contributed by atoms with Crippen LogP contribution < -0.4 is 5.32 Å². The Morgan fingerprint density at radius 1 is 1.32 bits per heavy atom. The first-order valence-electron chi connectivity index (χ1n) is 7.35. The van der Waals surface area contributed by atoms with E-state index in [1.807, 2.05) is 0 Å². The maximum Gasteiger partial charge on any atom is 0.328 e. The molecule has 1 heterocycles. The second kappa shape index (κ2) is 9.59. The molecule has 0 bridgehead atoms. The van der Waals surface area contributed by atoms with Crippen molar-refractivity contribution < 1.29 is 14.3 Å². The highest BCUT2D eigenvalue weighted by atomic mass is 16.5. The fourth-order valence-corrected chi connectivity index (χ4v) is 2.01. The van der Waals surface area contributed by atoms with Crippen LogP contribution in [-0.4, -0.2) is 24.5 Å². The molecule has 1 amide bonds.